The van der Waals surface area contributed by atoms with Crippen molar-refractivity contribution in [2.24, 2.45) is 11.7 Å². The number of hydrogen-bond acceptors (Lipinski definition) is 6. The number of benzene rings is 1. The lowest BCUT2D eigenvalue weighted by Gasteiger charge is -2.38. The van der Waals surface area contributed by atoms with Crippen LogP contribution in [-0.4, -0.2) is 72.4 Å². The van der Waals surface area contributed by atoms with Crippen LogP contribution in [0.1, 0.15) is 12.8 Å². The van der Waals surface area contributed by atoms with Gasteiger partial charge in [0.05, 0.1) is 22.7 Å². The van der Waals surface area contributed by atoms with Gasteiger partial charge in [-0.15, -0.1) is 0 Å². The summed E-state index contributed by atoms with van der Waals surface area (Å²) in [6.45, 7) is 4.79. The topological polar surface area (TPSA) is 82.8 Å². The summed E-state index contributed by atoms with van der Waals surface area (Å²) < 4.78 is 1.20. The van der Waals surface area contributed by atoms with E-state index in [1.807, 2.05) is 28.0 Å². The fourth-order valence-corrected chi connectivity index (χ4v) is 5.01. The van der Waals surface area contributed by atoms with E-state index in [9.17, 15) is 9.59 Å². The third kappa shape index (κ3) is 4.06. The monoisotopic (exact) mass is 387 g/mol. The van der Waals surface area contributed by atoms with Crippen LogP contribution in [-0.2, 0) is 9.59 Å². The number of piperidine rings is 1. The molecule has 7 nitrogen and oxygen atoms in total. The number of anilines is 1. The lowest BCUT2D eigenvalue weighted by atomic mass is 9.96. The van der Waals surface area contributed by atoms with Gasteiger partial charge in [0.15, 0.2) is 5.13 Å². The number of nitrogens with two attached hydrogens (primary N) is 1. The molecule has 2 aromatic rings. The molecule has 27 heavy (non-hydrogen) atoms. The number of carbonyl (C=O) groups excluding carboxylic acids is 2. The summed E-state index contributed by atoms with van der Waals surface area (Å²) in [5.41, 5.74) is 6.33. The molecule has 2 saturated heterocycles. The minimum Gasteiger partial charge on any atom is -0.369 e. The summed E-state index contributed by atoms with van der Waals surface area (Å²) in [6, 6.07) is 8.17. The molecule has 1 atom stereocenters. The predicted molar refractivity (Wildman–Crippen MR) is 107 cm³/mol. The first-order valence-electron chi connectivity index (χ1n) is 9.50. The molecule has 2 N–H and O–H groups in total. The third-order valence-corrected chi connectivity index (χ3v) is 6.48. The Labute approximate surface area is 162 Å². The minimum absolute atomic E-state index is 0.0212. The second kappa shape index (κ2) is 7.82. The number of para-hydroxylation sites is 1. The van der Waals surface area contributed by atoms with Gasteiger partial charge in [-0.2, -0.15) is 0 Å². The number of nitrogens with zero attached hydrogens (tertiary/aromatic N) is 4. The van der Waals surface area contributed by atoms with Crippen molar-refractivity contribution < 1.29 is 9.59 Å². The summed E-state index contributed by atoms with van der Waals surface area (Å²) >= 11 is 1.71. The molecular formula is C19H25N5O2S. The Bertz CT molecular complexity index is 797. The summed E-state index contributed by atoms with van der Waals surface area (Å²) in [6.07, 6.45) is 1.83. The maximum Gasteiger partial charge on any atom is 0.231 e. The number of hydrogen-bond donors (Lipinski definition) is 1. The Balaban J connectivity index is 1.34. The Morgan fingerprint density at radius 3 is 2.67 bits per heavy atom. The summed E-state index contributed by atoms with van der Waals surface area (Å²) in [5.74, 6) is -0.132. The molecule has 144 valence electrons. The molecule has 0 saturated carbocycles. The van der Waals surface area contributed by atoms with Gasteiger partial charge < -0.3 is 15.5 Å². The van der Waals surface area contributed by atoms with Crippen LogP contribution in [0.2, 0.25) is 0 Å². The number of primary amides is 1. The van der Waals surface area contributed by atoms with Gasteiger partial charge in [0.1, 0.15) is 0 Å². The number of carbonyl (C=O) groups is 2. The van der Waals surface area contributed by atoms with E-state index in [-0.39, 0.29) is 24.3 Å². The van der Waals surface area contributed by atoms with E-state index in [2.05, 4.69) is 11.0 Å². The summed E-state index contributed by atoms with van der Waals surface area (Å²) in [4.78, 5) is 35.1. The first kappa shape index (κ1) is 18.2. The van der Waals surface area contributed by atoms with Crippen LogP contribution < -0.4 is 10.6 Å². The molecule has 0 spiro atoms. The van der Waals surface area contributed by atoms with Crippen molar-refractivity contribution in [3.8, 4) is 0 Å². The van der Waals surface area contributed by atoms with Crippen molar-refractivity contribution in [1.29, 1.82) is 0 Å². The van der Waals surface area contributed by atoms with E-state index < -0.39 is 0 Å². The molecule has 8 heteroatoms. The van der Waals surface area contributed by atoms with Crippen LogP contribution in [0.5, 0.6) is 0 Å². The van der Waals surface area contributed by atoms with E-state index in [0.29, 0.717) is 6.54 Å². The molecule has 0 aliphatic carbocycles. The van der Waals surface area contributed by atoms with Gasteiger partial charge in [0, 0.05) is 32.7 Å². The summed E-state index contributed by atoms with van der Waals surface area (Å²) in [7, 11) is 0. The zero-order valence-corrected chi connectivity index (χ0v) is 16.2. The fourth-order valence-electron chi connectivity index (χ4n) is 3.99. The van der Waals surface area contributed by atoms with Gasteiger partial charge in [-0.25, -0.2) is 4.98 Å². The quantitative estimate of drug-likeness (QED) is 0.851. The first-order valence-corrected chi connectivity index (χ1v) is 10.3. The molecule has 1 unspecified atom stereocenters. The molecule has 0 radical (unpaired) electrons. The van der Waals surface area contributed by atoms with Crippen LogP contribution >= 0.6 is 11.3 Å². The second-order valence-corrected chi connectivity index (χ2v) is 8.33. The van der Waals surface area contributed by atoms with Crippen molar-refractivity contribution in [1.82, 2.24) is 14.8 Å². The Morgan fingerprint density at radius 1 is 1.15 bits per heavy atom. The standard InChI is InChI=1S/C19H25N5O2S/c20-17(25)13-22-7-3-4-14(12-22)18(26)23-8-10-24(11-9-23)19-21-15-5-1-2-6-16(15)27-19/h1-2,5-6,14H,3-4,7-13H2,(H2,20,25). The Morgan fingerprint density at radius 2 is 1.93 bits per heavy atom. The number of fused-ring (bicyclic) bond motifs is 1. The highest BCUT2D eigenvalue weighted by Gasteiger charge is 2.31. The van der Waals surface area contributed by atoms with Gasteiger partial charge in [-0.3, -0.25) is 14.5 Å². The van der Waals surface area contributed by atoms with E-state index in [0.717, 1.165) is 56.2 Å². The Hall–Kier alpha value is -2.19. The number of rotatable bonds is 4. The van der Waals surface area contributed by atoms with E-state index in [4.69, 9.17) is 10.7 Å². The van der Waals surface area contributed by atoms with Crippen molar-refractivity contribution >= 4 is 38.5 Å². The van der Waals surface area contributed by atoms with E-state index in [1.165, 1.54) is 4.70 Å². The van der Waals surface area contributed by atoms with Gasteiger partial charge >= 0.3 is 0 Å². The smallest absolute Gasteiger partial charge is 0.231 e. The Kier molecular flexibility index (Phi) is 5.27. The average molecular weight is 388 g/mol. The minimum atomic E-state index is -0.326. The highest BCUT2D eigenvalue weighted by Crippen LogP contribution is 2.29. The number of likely N-dealkylation sites (tertiary alicyclic amines) is 1. The second-order valence-electron chi connectivity index (χ2n) is 7.32. The highest BCUT2D eigenvalue weighted by atomic mass is 32.1. The zero-order valence-electron chi connectivity index (χ0n) is 15.3. The maximum absolute atomic E-state index is 12.9. The molecule has 0 bridgehead atoms. The van der Waals surface area contributed by atoms with Crippen LogP contribution in [0.15, 0.2) is 24.3 Å². The third-order valence-electron chi connectivity index (χ3n) is 5.38. The maximum atomic E-state index is 12.9. The van der Waals surface area contributed by atoms with Gasteiger partial charge in [0.2, 0.25) is 11.8 Å². The number of amides is 2. The van der Waals surface area contributed by atoms with Crippen LogP contribution in [0.25, 0.3) is 10.2 Å². The van der Waals surface area contributed by atoms with Gasteiger partial charge in [-0.05, 0) is 31.5 Å². The van der Waals surface area contributed by atoms with Crippen LogP contribution in [0.3, 0.4) is 0 Å². The van der Waals surface area contributed by atoms with Crippen molar-refractivity contribution in [3.05, 3.63) is 24.3 Å². The largest absolute Gasteiger partial charge is 0.369 e. The van der Waals surface area contributed by atoms with Crippen LogP contribution in [0, 0.1) is 5.92 Å². The van der Waals surface area contributed by atoms with Gasteiger partial charge in [-0.1, -0.05) is 23.5 Å². The fraction of sp³-hybridized carbons (Fsp3) is 0.526. The molecular weight excluding hydrogens is 362 g/mol. The molecule has 3 heterocycles. The molecule has 2 aliphatic rings. The summed E-state index contributed by atoms with van der Waals surface area (Å²) in [5, 5.41) is 1.04. The molecule has 1 aromatic carbocycles. The lowest BCUT2D eigenvalue weighted by molar-refractivity contribution is -0.138. The number of thiazole rings is 1. The van der Waals surface area contributed by atoms with E-state index >= 15 is 0 Å². The molecule has 4 rings (SSSR count). The SMILES string of the molecule is NC(=O)CN1CCCC(C(=O)N2CCN(c3nc4ccccc4s3)CC2)C1. The number of piperazine rings is 1. The van der Waals surface area contributed by atoms with Crippen LogP contribution in [0.4, 0.5) is 5.13 Å². The highest BCUT2D eigenvalue weighted by molar-refractivity contribution is 7.22. The normalized spacial score (nSPS) is 21.6. The van der Waals surface area contributed by atoms with Crippen molar-refractivity contribution in [2.75, 3.05) is 50.7 Å². The molecule has 2 fully saturated rings. The van der Waals surface area contributed by atoms with Crippen molar-refractivity contribution in [2.45, 2.75) is 12.8 Å². The van der Waals surface area contributed by atoms with Crippen molar-refractivity contribution in [3.63, 3.8) is 0 Å². The van der Waals surface area contributed by atoms with E-state index in [1.54, 1.807) is 11.3 Å². The predicted octanol–water partition coefficient (Wildman–Crippen LogP) is 1.14. The first-order chi connectivity index (χ1) is 13.1. The molecule has 1 aromatic heterocycles. The van der Waals surface area contributed by atoms with Gasteiger partial charge in [0.25, 0.3) is 0 Å². The number of aromatic nitrogens is 1. The zero-order chi connectivity index (χ0) is 18.8. The molecule has 2 aliphatic heterocycles. The average Bonchev–Trinajstić information content (AvgIpc) is 3.11. The lowest BCUT2D eigenvalue weighted by Crippen LogP contribution is -2.53. The molecule has 2 amide bonds.